The molecule has 2 N–H and O–H groups in total. The van der Waals surface area contributed by atoms with Crippen molar-refractivity contribution in [1.82, 2.24) is 10.3 Å². The van der Waals surface area contributed by atoms with E-state index in [0.29, 0.717) is 5.75 Å². The van der Waals surface area contributed by atoms with Gasteiger partial charge in [0.15, 0.2) is 0 Å². The number of nitrogens with one attached hydrogen (secondary N) is 1. The summed E-state index contributed by atoms with van der Waals surface area (Å²) in [7, 11) is 0. The van der Waals surface area contributed by atoms with Gasteiger partial charge in [-0.3, -0.25) is 4.98 Å². The Morgan fingerprint density at radius 1 is 1.06 bits per heavy atom. The number of aromatic nitrogens is 1. The lowest BCUT2D eigenvalue weighted by Gasteiger charge is -2.05. The molecule has 2 aromatic rings. The zero-order valence-corrected chi connectivity index (χ0v) is 10.8. The minimum absolute atomic E-state index is 0.296. The summed E-state index contributed by atoms with van der Waals surface area (Å²) in [4.78, 5) is 4.10. The van der Waals surface area contributed by atoms with E-state index in [0.717, 1.165) is 28.7 Å². The molecule has 0 atom stereocenters. The highest BCUT2D eigenvalue weighted by Crippen LogP contribution is 2.11. The van der Waals surface area contributed by atoms with Crippen LogP contribution < -0.4 is 5.32 Å². The zero-order valence-electron chi connectivity index (χ0n) is 9.23. The van der Waals surface area contributed by atoms with Crippen molar-refractivity contribution in [2.45, 2.75) is 13.1 Å². The summed E-state index contributed by atoms with van der Waals surface area (Å²) >= 11 is 3.39. The molecular weight excluding hydrogens is 280 g/mol. The molecule has 17 heavy (non-hydrogen) atoms. The van der Waals surface area contributed by atoms with Gasteiger partial charge in [-0.05, 0) is 45.3 Å². The molecule has 0 spiro atoms. The van der Waals surface area contributed by atoms with E-state index in [4.69, 9.17) is 5.11 Å². The Balaban J connectivity index is 1.85. The minimum atomic E-state index is 0.296. The Hall–Kier alpha value is -1.39. The Labute approximate surface area is 109 Å². The molecule has 0 unspecified atom stereocenters. The average Bonchev–Trinajstić information content (AvgIpc) is 2.32. The molecule has 3 nitrogen and oxygen atoms in total. The van der Waals surface area contributed by atoms with Crippen LogP contribution in [0.15, 0.2) is 47.2 Å². The molecule has 4 heteroatoms. The predicted octanol–water partition coefficient (Wildman–Crippen LogP) is 2.84. The number of phenolic OH excluding ortho intramolecular Hbond substituents is 1. The second-order valence-electron chi connectivity index (χ2n) is 3.78. The van der Waals surface area contributed by atoms with Gasteiger partial charge in [0.2, 0.25) is 0 Å². The van der Waals surface area contributed by atoms with Crippen molar-refractivity contribution in [2.24, 2.45) is 0 Å². The van der Waals surface area contributed by atoms with Crippen molar-refractivity contribution in [2.75, 3.05) is 0 Å². The van der Waals surface area contributed by atoms with Gasteiger partial charge in [0.1, 0.15) is 5.75 Å². The van der Waals surface area contributed by atoms with E-state index < -0.39 is 0 Å². The average molecular weight is 293 g/mol. The lowest BCUT2D eigenvalue weighted by Crippen LogP contribution is -2.12. The summed E-state index contributed by atoms with van der Waals surface area (Å²) in [5.41, 5.74) is 2.28. The van der Waals surface area contributed by atoms with E-state index >= 15 is 0 Å². The number of rotatable bonds is 4. The fourth-order valence-corrected chi connectivity index (χ4v) is 1.93. The number of nitrogens with zero attached hydrogens (tertiary/aromatic N) is 1. The normalized spacial score (nSPS) is 10.4. The van der Waals surface area contributed by atoms with Crippen molar-refractivity contribution >= 4 is 15.9 Å². The van der Waals surface area contributed by atoms with Crippen LogP contribution in [0.1, 0.15) is 11.1 Å². The van der Waals surface area contributed by atoms with Crippen LogP contribution in [-0.4, -0.2) is 10.1 Å². The summed E-state index contributed by atoms with van der Waals surface area (Å²) in [5, 5.41) is 12.5. The van der Waals surface area contributed by atoms with Crippen molar-refractivity contribution in [1.29, 1.82) is 0 Å². The molecule has 1 heterocycles. The quantitative estimate of drug-likeness (QED) is 0.911. The molecule has 0 amide bonds. The van der Waals surface area contributed by atoms with E-state index in [2.05, 4.69) is 26.2 Å². The number of aromatic hydroxyl groups is 1. The smallest absolute Gasteiger partial charge is 0.115 e. The van der Waals surface area contributed by atoms with E-state index in [-0.39, 0.29) is 0 Å². The third kappa shape index (κ3) is 3.84. The molecule has 88 valence electrons. The summed E-state index contributed by atoms with van der Waals surface area (Å²) < 4.78 is 0.987. The summed E-state index contributed by atoms with van der Waals surface area (Å²) in [6.45, 7) is 1.54. The van der Waals surface area contributed by atoms with Gasteiger partial charge in [0.05, 0.1) is 0 Å². The fraction of sp³-hybridized carbons (Fsp3) is 0.154. The Bertz CT molecular complexity index is 485. The number of hydrogen-bond acceptors (Lipinski definition) is 3. The maximum atomic E-state index is 9.16. The number of hydrogen-bond donors (Lipinski definition) is 2. The van der Waals surface area contributed by atoms with Gasteiger partial charge in [-0.1, -0.05) is 12.1 Å². The van der Waals surface area contributed by atoms with Crippen LogP contribution in [0, 0.1) is 0 Å². The maximum Gasteiger partial charge on any atom is 0.115 e. The Kier molecular flexibility index (Phi) is 4.12. The number of halogens is 1. The molecule has 0 fully saturated rings. The molecule has 1 aromatic heterocycles. The second kappa shape index (κ2) is 5.80. The largest absolute Gasteiger partial charge is 0.508 e. The summed E-state index contributed by atoms with van der Waals surface area (Å²) in [5.74, 6) is 0.296. The van der Waals surface area contributed by atoms with Crippen LogP contribution >= 0.6 is 15.9 Å². The SMILES string of the molecule is Oc1ccc(CNCc2cncc(Br)c2)cc1. The first-order valence-corrected chi connectivity index (χ1v) is 6.11. The van der Waals surface area contributed by atoms with Gasteiger partial charge in [0.25, 0.3) is 0 Å². The first-order valence-electron chi connectivity index (χ1n) is 5.32. The minimum Gasteiger partial charge on any atom is -0.508 e. The molecule has 1 aromatic carbocycles. The first kappa shape index (κ1) is 12.1. The van der Waals surface area contributed by atoms with Crippen molar-refractivity contribution in [3.05, 3.63) is 58.3 Å². The molecule has 0 aliphatic rings. The van der Waals surface area contributed by atoms with Crippen molar-refractivity contribution in [3.63, 3.8) is 0 Å². The van der Waals surface area contributed by atoms with E-state index in [1.807, 2.05) is 24.4 Å². The topological polar surface area (TPSA) is 45.1 Å². The predicted molar refractivity (Wildman–Crippen MR) is 70.6 cm³/mol. The molecule has 2 rings (SSSR count). The highest BCUT2D eigenvalue weighted by molar-refractivity contribution is 9.10. The second-order valence-corrected chi connectivity index (χ2v) is 4.70. The van der Waals surface area contributed by atoms with E-state index in [1.165, 1.54) is 0 Å². The lowest BCUT2D eigenvalue weighted by molar-refractivity contribution is 0.475. The van der Waals surface area contributed by atoms with Crippen LogP contribution in [0.5, 0.6) is 5.75 Å². The monoisotopic (exact) mass is 292 g/mol. The molecule has 0 saturated heterocycles. The highest BCUT2D eigenvalue weighted by Gasteiger charge is 1.96. The molecule has 0 saturated carbocycles. The van der Waals surface area contributed by atoms with Crippen LogP contribution in [0.25, 0.3) is 0 Å². The number of pyridine rings is 1. The van der Waals surface area contributed by atoms with Crippen LogP contribution in [0.3, 0.4) is 0 Å². The van der Waals surface area contributed by atoms with Crippen LogP contribution in [-0.2, 0) is 13.1 Å². The molecule has 0 aliphatic carbocycles. The number of benzene rings is 1. The van der Waals surface area contributed by atoms with Gasteiger partial charge in [-0.25, -0.2) is 0 Å². The van der Waals surface area contributed by atoms with Crippen molar-refractivity contribution in [3.8, 4) is 5.75 Å². The third-order valence-electron chi connectivity index (χ3n) is 2.36. The zero-order chi connectivity index (χ0) is 12.1. The van der Waals surface area contributed by atoms with E-state index in [1.54, 1.807) is 18.3 Å². The molecule has 0 bridgehead atoms. The molecule has 0 aliphatic heterocycles. The maximum absolute atomic E-state index is 9.16. The lowest BCUT2D eigenvalue weighted by atomic mass is 10.2. The molecule has 0 radical (unpaired) electrons. The third-order valence-corrected chi connectivity index (χ3v) is 2.79. The van der Waals surface area contributed by atoms with Gasteiger partial charge >= 0.3 is 0 Å². The first-order chi connectivity index (χ1) is 8.24. The van der Waals surface area contributed by atoms with Gasteiger partial charge in [-0.2, -0.15) is 0 Å². The Morgan fingerprint density at radius 2 is 1.76 bits per heavy atom. The van der Waals surface area contributed by atoms with Gasteiger partial charge in [-0.15, -0.1) is 0 Å². The van der Waals surface area contributed by atoms with Crippen molar-refractivity contribution < 1.29 is 5.11 Å². The standard InChI is InChI=1S/C13H13BrN2O/c14-12-5-11(8-16-9-12)7-15-6-10-1-3-13(17)4-2-10/h1-5,8-9,15,17H,6-7H2. The molecular formula is C13H13BrN2O. The van der Waals surface area contributed by atoms with Gasteiger partial charge < -0.3 is 10.4 Å². The van der Waals surface area contributed by atoms with Crippen LogP contribution in [0.4, 0.5) is 0 Å². The highest BCUT2D eigenvalue weighted by atomic mass is 79.9. The summed E-state index contributed by atoms with van der Waals surface area (Å²) in [6, 6.07) is 9.23. The summed E-state index contributed by atoms with van der Waals surface area (Å²) in [6.07, 6.45) is 3.61. The Morgan fingerprint density at radius 3 is 2.47 bits per heavy atom. The van der Waals surface area contributed by atoms with E-state index in [9.17, 15) is 0 Å². The van der Waals surface area contributed by atoms with Gasteiger partial charge in [0, 0.05) is 30.0 Å². The fourth-order valence-electron chi connectivity index (χ4n) is 1.52. The number of phenols is 1. The van der Waals surface area contributed by atoms with Crippen LogP contribution in [0.2, 0.25) is 0 Å².